The van der Waals surface area contributed by atoms with Gasteiger partial charge in [-0.3, -0.25) is 0 Å². The first kappa shape index (κ1) is 14.2. The largest absolute Gasteiger partial charge is 0.477 e. The minimum atomic E-state index is -0.883. The maximum atomic E-state index is 11.4. The molecular weight excluding hydrogens is 292 g/mol. The van der Waals surface area contributed by atoms with Gasteiger partial charge in [0.15, 0.2) is 0 Å². The molecular formula is C17H20N4O2. The molecule has 0 aromatic carbocycles. The molecule has 2 aromatic heterocycles. The van der Waals surface area contributed by atoms with Crippen molar-refractivity contribution in [1.82, 2.24) is 14.5 Å². The molecule has 1 aliphatic carbocycles. The molecule has 2 aromatic rings. The SMILES string of the molecule is O=C(O)c1cc(-c2cnc(N3CCCC3)nc2)cn1CC1CC1. The van der Waals surface area contributed by atoms with Crippen molar-refractivity contribution < 1.29 is 9.90 Å². The lowest BCUT2D eigenvalue weighted by Crippen LogP contribution is -2.20. The molecule has 6 nitrogen and oxygen atoms in total. The van der Waals surface area contributed by atoms with Gasteiger partial charge >= 0.3 is 5.97 Å². The molecule has 4 rings (SSSR count). The summed E-state index contributed by atoms with van der Waals surface area (Å²) in [6.45, 7) is 2.81. The molecule has 1 saturated heterocycles. The molecule has 0 bridgehead atoms. The Morgan fingerprint density at radius 3 is 2.48 bits per heavy atom. The van der Waals surface area contributed by atoms with Gasteiger partial charge in [0.25, 0.3) is 0 Å². The molecule has 1 saturated carbocycles. The fourth-order valence-electron chi connectivity index (χ4n) is 3.13. The molecule has 0 atom stereocenters. The minimum Gasteiger partial charge on any atom is -0.477 e. The van der Waals surface area contributed by atoms with Gasteiger partial charge in [0.2, 0.25) is 5.95 Å². The smallest absolute Gasteiger partial charge is 0.352 e. The van der Waals surface area contributed by atoms with E-state index in [1.165, 1.54) is 25.7 Å². The highest BCUT2D eigenvalue weighted by Gasteiger charge is 2.24. The van der Waals surface area contributed by atoms with Crippen molar-refractivity contribution in [3.63, 3.8) is 0 Å². The molecule has 23 heavy (non-hydrogen) atoms. The van der Waals surface area contributed by atoms with E-state index in [0.29, 0.717) is 11.6 Å². The van der Waals surface area contributed by atoms with Crippen molar-refractivity contribution in [3.05, 3.63) is 30.4 Å². The summed E-state index contributed by atoms with van der Waals surface area (Å²) in [6.07, 6.45) is 10.3. The van der Waals surface area contributed by atoms with Crippen LogP contribution in [0.4, 0.5) is 5.95 Å². The third-order valence-electron chi connectivity index (χ3n) is 4.63. The van der Waals surface area contributed by atoms with Gasteiger partial charge in [-0.05, 0) is 37.7 Å². The van der Waals surface area contributed by atoms with E-state index in [1.807, 2.05) is 10.8 Å². The van der Waals surface area contributed by atoms with Gasteiger partial charge < -0.3 is 14.6 Å². The molecule has 0 spiro atoms. The van der Waals surface area contributed by atoms with E-state index in [4.69, 9.17) is 0 Å². The van der Waals surface area contributed by atoms with Gasteiger partial charge in [0.05, 0.1) is 0 Å². The molecule has 0 radical (unpaired) electrons. The average Bonchev–Trinajstić information content (AvgIpc) is 3.04. The van der Waals surface area contributed by atoms with Crippen molar-refractivity contribution in [2.45, 2.75) is 32.2 Å². The van der Waals surface area contributed by atoms with Crippen LogP contribution in [-0.4, -0.2) is 38.7 Å². The van der Waals surface area contributed by atoms with Gasteiger partial charge in [0, 0.05) is 49.4 Å². The van der Waals surface area contributed by atoms with Crippen LogP contribution in [0, 0.1) is 5.92 Å². The van der Waals surface area contributed by atoms with Gasteiger partial charge in [-0.1, -0.05) is 0 Å². The van der Waals surface area contributed by atoms with Crippen LogP contribution in [0.1, 0.15) is 36.2 Å². The molecule has 120 valence electrons. The first-order valence-electron chi connectivity index (χ1n) is 8.21. The van der Waals surface area contributed by atoms with Crippen LogP contribution in [0.25, 0.3) is 11.1 Å². The third-order valence-corrected chi connectivity index (χ3v) is 4.63. The Hall–Kier alpha value is -2.37. The number of rotatable bonds is 5. The molecule has 1 N–H and O–H groups in total. The van der Waals surface area contributed by atoms with E-state index in [0.717, 1.165) is 36.7 Å². The van der Waals surface area contributed by atoms with Crippen molar-refractivity contribution >= 4 is 11.9 Å². The fourth-order valence-corrected chi connectivity index (χ4v) is 3.13. The molecule has 2 aliphatic rings. The number of anilines is 1. The highest BCUT2D eigenvalue weighted by Crippen LogP contribution is 2.32. The van der Waals surface area contributed by atoms with Crippen LogP contribution in [0.15, 0.2) is 24.7 Å². The van der Waals surface area contributed by atoms with Gasteiger partial charge in [0.1, 0.15) is 5.69 Å². The van der Waals surface area contributed by atoms with Gasteiger partial charge in [-0.15, -0.1) is 0 Å². The number of nitrogens with zero attached hydrogens (tertiary/aromatic N) is 4. The number of hydrogen-bond donors (Lipinski definition) is 1. The maximum Gasteiger partial charge on any atom is 0.352 e. The van der Waals surface area contributed by atoms with Crippen LogP contribution >= 0.6 is 0 Å². The van der Waals surface area contributed by atoms with Crippen LogP contribution in [-0.2, 0) is 6.54 Å². The number of aromatic carboxylic acids is 1. The number of hydrogen-bond acceptors (Lipinski definition) is 4. The minimum absolute atomic E-state index is 0.343. The topological polar surface area (TPSA) is 71.2 Å². The Balaban J connectivity index is 1.60. The molecule has 3 heterocycles. The van der Waals surface area contributed by atoms with E-state index in [-0.39, 0.29) is 0 Å². The normalized spacial score (nSPS) is 17.7. The molecule has 1 aliphatic heterocycles. The summed E-state index contributed by atoms with van der Waals surface area (Å²) in [5, 5.41) is 9.39. The predicted octanol–water partition coefficient (Wildman–Crippen LogP) is 2.65. The summed E-state index contributed by atoms with van der Waals surface area (Å²) in [6, 6.07) is 1.72. The summed E-state index contributed by atoms with van der Waals surface area (Å²) in [4.78, 5) is 22.5. The summed E-state index contributed by atoms with van der Waals surface area (Å²) in [5.41, 5.74) is 2.08. The lowest BCUT2D eigenvalue weighted by molar-refractivity contribution is 0.0684. The van der Waals surface area contributed by atoms with Crippen molar-refractivity contribution in [2.75, 3.05) is 18.0 Å². The molecule has 0 amide bonds. The number of carboxylic acids is 1. The zero-order valence-electron chi connectivity index (χ0n) is 13.0. The predicted molar refractivity (Wildman–Crippen MR) is 86.6 cm³/mol. The second-order valence-electron chi connectivity index (χ2n) is 6.48. The molecule has 6 heteroatoms. The van der Waals surface area contributed by atoms with Crippen LogP contribution < -0.4 is 4.90 Å². The maximum absolute atomic E-state index is 11.4. The molecule has 0 unspecified atom stereocenters. The average molecular weight is 312 g/mol. The van der Waals surface area contributed by atoms with E-state index in [1.54, 1.807) is 18.5 Å². The first-order chi connectivity index (χ1) is 11.2. The van der Waals surface area contributed by atoms with Crippen molar-refractivity contribution in [1.29, 1.82) is 0 Å². The van der Waals surface area contributed by atoms with Crippen LogP contribution in [0.2, 0.25) is 0 Å². The lowest BCUT2D eigenvalue weighted by atomic mass is 10.2. The fraction of sp³-hybridized carbons (Fsp3) is 0.471. The second-order valence-corrected chi connectivity index (χ2v) is 6.48. The van der Waals surface area contributed by atoms with E-state index >= 15 is 0 Å². The Morgan fingerprint density at radius 1 is 1.17 bits per heavy atom. The first-order valence-corrected chi connectivity index (χ1v) is 8.21. The number of aromatic nitrogens is 3. The van der Waals surface area contributed by atoms with E-state index < -0.39 is 5.97 Å². The summed E-state index contributed by atoms with van der Waals surface area (Å²) < 4.78 is 1.85. The molecule has 2 fully saturated rings. The van der Waals surface area contributed by atoms with Crippen LogP contribution in [0.3, 0.4) is 0 Å². The highest BCUT2D eigenvalue weighted by molar-refractivity contribution is 5.88. The van der Waals surface area contributed by atoms with E-state index in [2.05, 4.69) is 14.9 Å². The van der Waals surface area contributed by atoms with Crippen molar-refractivity contribution in [2.24, 2.45) is 5.92 Å². The zero-order valence-corrected chi connectivity index (χ0v) is 13.0. The highest BCUT2D eigenvalue weighted by atomic mass is 16.4. The monoisotopic (exact) mass is 312 g/mol. The lowest BCUT2D eigenvalue weighted by Gasteiger charge is -2.14. The van der Waals surface area contributed by atoms with Crippen LogP contribution in [0.5, 0.6) is 0 Å². The van der Waals surface area contributed by atoms with E-state index in [9.17, 15) is 9.90 Å². The number of carboxylic acid groups (broad SMARTS) is 1. The second kappa shape index (κ2) is 5.68. The summed E-state index contributed by atoms with van der Waals surface area (Å²) in [7, 11) is 0. The summed E-state index contributed by atoms with van der Waals surface area (Å²) in [5.74, 6) is 0.510. The van der Waals surface area contributed by atoms with Crippen molar-refractivity contribution in [3.8, 4) is 11.1 Å². The Labute approximate surface area is 134 Å². The number of carbonyl (C=O) groups is 1. The summed E-state index contributed by atoms with van der Waals surface area (Å²) >= 11 is 0. The Morgan fingerprint density at radius 2 is 1.87 bits per heavy atom. The Bertz CT molecular complexity index is 713. The third kappa shape index (κ3) is 2.93. The Kier molecular flexibility index (Phi) is 3.52. The van der Waals surface area contributed by atoms with Gasteiger partial charge in [-0.25, -0.2) is 14.8 Å². The quantitative estimate of drug-likeness (QED) is 0.919. The standard InChI is InChI=1S/C17H20N4O2/c22-16(23)15-7-13(11-21(15)10-12-3-4-12)14-8-18-17(19-9-14)20-5-1-2-6-20/h7-9,11-12H,1-6,10H2,(H,22,23). The zero-order chi connectivity index (χ0) is 15.8. The van der Waals surface area contributed by atoms with Gasteiger partial charge in [-0.2, -0.15) is 0 Å².